The summed E-state index contributed by atoms with van der Waals surface area (Å²) in [7, 11) is 0. The second kappa shape index (κ2) is 9.20. The van der Waals surface area contributed by atoms with E-state index in [2.05, 4.69) is 41.3 Å². The van der Waals surface area contributed by atoms with Crippen LogP contribution >= 0.6 is 0 Å². The third-order valence-electron chi connectivity index (χ3n) is 7.05. The summed E-state index contributed by atoms with van der Waals surface area (Å²) in [6.07, 6.45) is 10.9. The van der Waals surface area contributed by atoms with Crippen molar-refractivity contribution in [3.8, 4) is 22.6 Å². The quantitative estimate of drug-likeness (QED) is 0.315. The van der Waals surface area contributed by atoms with Crippen molar-refractivity contribution >= 4 is 22.5 Å². The molecule has 1 amide bonds. The molecule has 3 N–H and O–H groups in total. The smallest absolute Gasteiger partial charge is 0.248 e. The summed E-state index contributed by atoms with van der Waals surface area (Å²) in [6.45, 7) is 4.31. The molecule has 0 bridgehead atoms. The summed E-state index contributed by atoms with van der Waals surface area (Å²) in [4.78, 5) is 20.8. The molecule has 1 fully saturated rings. The second-order valence-corrected chi connectivity index (χ2v) is 9.90. The molecule has 5 aromatic rings. The van der Waals surface area contributed by atoms with Crippen LogP contribution in [0.4, 0.5) is 5.69 Å². The van der Waals surface area contributed by atoms with Crippen LogP contribution in [0, 0.1) is 0 Å². The number of nitrogens with zero attached hydrogens (tertiary/aromatic N) is 5. The zero-order valence-electron chi connectivity index (χ0n) is 20.9. The Bertz CT molecular complexity index is 1600. The number of pyridine rings is 1. The van der Waals surface area contributed by atoms with Crippen molar-refractivity contribution in [3.05, 3.63) is 84.7 Å². The lowest BCUT2D eigenvalue weighted by Crippen LogP contribution is -2.28. The number of aromatic nitrogens is 5. The minimum Gasteiger partial charge on any atom is -0.381 e. The molecule has 37 heavy (non-hydrogen) atoms. The van der Waals surface area contributed by atoms with Crippen LogP contribution in [0.25, 0.3) is 33.5 Å². The highest BCUT2D eigenvalue weighted by Crippen LogP contribution is 2.35. The van der Waals surface area contributed by atoms with Gasteiger partial charge in [0.25, 0.3) is 0 Å². The van der Waals surface area contributed by atoms with Gasteiger partial charge in [0.2, 0.25) is 5.91 Å². The molecular weight excluding hydrogens is 462 g/mol. The van der Waals surface area contributed by atoms with Crippen LogP contribution in [0.2, 0.25) is 0 Å². The number of primary amides is 1. The standard InChI is InChI=1S/C29H29N7O/c1-18(2)28-27-25(35-16-23(32-17-35)20-6-5-13-31-15-20)9-4-10-26(27)36(34-28)24-12-11-19(29(30)37)14-22(24)33-21-7-3-8-21/h4-6,9-18,21,33H,3,7-8H2,1-2H3,(H2,30,37). The van der Waals surface area contributed by atoms with Crippen LogP contribution < -0.4 is 11.1 Å². The Kier molecular flexibility index (Phi) is 5.71. The van der Waals surface area contributed by atoms with Gasteiger partial charge in [0.15, 0.2) is 0 Å². The van der Waals surface area contributed by atoms with Gasteiger partial charge in [0.05, 0.1) is 40.3 Å². The van der Waals surface area contributed by atoms with Crippen molar-refractivity contribution in [2.45, 2.75) is 45.1 Å². The molecule has 3 heterocycles. The Morgan fingerprint density at radius 3 is 2.68 bits per heavy atom. The number of rotatable bonds is 7. The zero-order valence-corrected chi connectivity index (χ0v) is 20.9. The molecule has 1 aliphatic rings. The number of hydrogen-bond donors (Lipinski definition) is 2. The molecule has 0 spiro atoms. The summed E-state index contributed by atoms with van der Waals surface area (Å²) in [5.74, 6) is -0.248. The van der Waals surface area contributed by atoms with Crippen molar-refractivity contribution < 1.29 is 4.79 Å². The lowest BCUT2D eigenvalue weighted by Gasteiger charge is -2.28. The third-order valence-corrected chi connectivity index (χ3v) is 7.05. The van der Waals surface area contributed by atoms with E-state index in [4.69, 9.17) is 10.8 Å². The number of nitrogens with one attached hydrogen (secondary N) is 1. The zero-order chi connectivity index (χ0) is 25.5. The molecule has 186 valence electrons. The number of fused-ring (bicyclic) bond motifs is 1. The van der Waals surface area contributed by atoms with Crippen LogP contribution in [0.15, 0.2) is 73.4 Å². The maximum absolute atomic E-state index is 11.9. The number of anilines is 1. The molecule has 0 aliphatic heterocycles. The fraction of sp³-hybridized carbons (Fsp3) is 0.241. The van der Waals surface area contributed by atoms with Crippen LogP contribution in [0.1, 0.15) is 55.1 Å². The molecule has 2 aromatic carbocycles. The maximum Gasteiger partial charge on any atom is 0.248 e. The molecule has 0 atom stereocenters. The Labute approximate surface area is 215 Å². The van der Waals surface area contributed by atoms with E-state index >= 15 is 0 Å². The average Bonchev–Trinajstić information content (AvgIpc) is 3.52. The van der Waals surface area contributed by atoms with Gasteiger partial charge in [-0.25, -0.2) is 9.67 Å². The molecule has 1 saturated carbocycles. The SMILES string of the molecule is CC(C)c1nn(-c2ccc(C(N)=O)cc2NC2CCC2)c2cccc(-n3cnc(-c4cccnc4)c3)c12. The Balaban J connectivity index is 1.52. The minimum absolute atomic E-state index is 0.194. The molecule has 3 aromatic heterocycles. The van der Waals surface area contributed by atoms with E-state index in [1.807, 2.05) is 58.3 Å². The largest absolute Gasteiger partial charge is 0.381 e. The summed E-state index contributed by atoms with van der Waals surface area (Å²) in [6, 6.07) is 16.1. The monoisotopic (exact) mass is 491 g/mol. The number of amides is 1. The fourth-order valence-corrected chi connectivity index (χ4v) is 4.86. The predicted octanol–water partition coefficient (Wildman–Crippen LogP) is 5.46. The number of carbonyl (C=O) groups is 1. The van der Waals surface area contributed by atoms with Crippen molar-refractivity contribution in [3.63, 3.8) is 0 Å². The van der Waals surface area contributed by atoms with Gasteiger partial charge in [0, 0.05) is 41.1 Å². The number of nitrogens with two attached hydrogens (primary N) is 1. The van der Waals surface area contributed by atoms with E-state index in [1.165, 1.54) is 6.42 Å². The Morgan fingerprint density at radius 2 is 1.97 bits per heavy atom. The van der Waals surface area contributed by atoms with Crippen molar-refractivity contribution in [1.82, 2.24) is 24.3 Å². The van der Waals surface area contributed by atoms with E-state index in [0.29, 0.717) is 11.6 Å². The van der Waals surface area contributed by atoms with Crippen LogP contribution in [-0.4, -0.2) is 36.3 Å². The molecule has 1 aliphatic carbocycles. The lowest BCUT2D eigenvalue weighted by atomic mass is 9.92. The van der Waals surface area contributed by atoms with Gasteiger partial charge < -0.3 is 15.6 Å². The maximum atomic E-state index is 11.9. The first kappa shape index (κ1) is 23.0. The van der Waals surface area contributed by atoms with Gasteiger partial charge >= 0.3 is 0 Å². The molecule has 8 heteroatoms. The average molecular weight is 492 g/mol. The summed E-state index contributed by atoms with van der Waals surface area (Å²) < 4.78 is 4.03. The highest BCUT2D eigenvalue weighted by atomic mass is 16.1. The third kappa shape index (κ3) is 4.14. The van der Waals surface area contributed by atoms with Crippen molar-refractivity contribution in [1.29, 1.82) is 0 Å². The highest BCUT2D eigenvalue weighted by molar-refractivity contribution is 5.96. The molecule has 0 saturated heterocycles. The van der Waals surface area contributed by atoms with Crippen LogP contribution in [0.3, 0.4) is 0 Å². The number of benzene rings is 2. The molecule has 0 unspecified atom stereocenters. The predicted molar refractivity (Wildman–Crippen MR) is 145 cm³/mol. The van der Waals surface area contributed by atoms with Gasteiger partial charge in [0.1, 0.15) is 0 Å². The van der Waals surface area contributed by atoms with Crippen molar-refractivity contribution in [2.75, 3.05) is 5.32 Å². The van der Waals surface area contributed by atoms with E-state index in [1.54, 1.807) is 12.3 Å². The minimum atomic E-state index is -0.441. The second-order valence-electron chi connectivity index (χ2n) is 9.90. The van der Waals surface area contributed by atoms with Crippen molar-refractivity contribution in [2.24, 2.45) is 5.73 Å². The van der Waals surface area contributed by atoms with Gasteiger partial charge in [-0.05, 0) is 67.6 Å². The lowest BCUT2D eigenvalue weighted by molar-refractivity contribution is 0.100. The van der Waals surface area contributed by atoms with Gasteiger partial charge in [-0.15, -0.1) is 0 Å². The first-order valence-corrected chi connectivity index (χ1v) is 12.7. The number of imidazole rings is 1. The topological polar surface area (TPSA) is 104 Å². The van der Waals surface area contributed by atoms with Gasteiger partial charge in [-0.1, -0.05) is 19.9 Å². The number of hydrogen-bond acceptors (Lipinski definition) is 5. The van der Waals surface area contributed by atoms with E-state index in [0.717, 1.165) is 57.8 Å². The van der Waals surface area contributed by atoms with Gasteiger partial charge in [-0.2, -0.15) is 5.10 Å². The molecular formula is C29H29N7O. The summed E-state index contributed by atoms with van der Waals surface area (Å²) in [5, 5.41) is 9.81. The summed E-state index contributed by atoms with van der Waals surface area (Å²) >= 11 is 0. The molecule has 8 nitrogen and oxygen atoms in total. The first-order valence-electron chi connectivity index (χ1n) is 12.7. The van der Waals surface area contributed by atoms with E-state index in [-0.39, 0.29) is 5.92 Å². The van der Waals surface area contributed by atoms with Crippen LogP contribution in [0.5, 0.6) is 0 Å². The highest BCUT2D eigenvalue weighted by Gasteiger charge is 2.23. The first-order chi connectivity index (χ1) is 18.0. The Hall–Kier alpha value is -4.46. The summed E-state index contributed by atoms with van der Waals surface area (Å²) in [5.41, 5.74) is 12.7. The molecule has 0 radical (unpaired) electrons. The van der Waals surface area contributed by atoms with E-state index in [9.17, 15) is 4.79 Å². The van der Waals surface area contributed by atoms with E-state index < -0.39 is 5.91 Å². The van der Waals surface area contributed by atoms with Gasteiger partial charge in [-0.3, -0.25) is 9.78 Å². The Morgan fingerprint density at radius 1 is 1.11 bits per heavy atom. The normalized spacial score (nSPS) is 13.7. The fourth-order valence-electron chi connectivity index (χ4n) is 4.86. The number of carbonyl (C=O) groups excluding carboxylic acids is 1. The molecule has 6 rings (SSSR count). The van der Waals surface area contributed by atoms with Crippen LogP contribution in [-0.2, 0) is 0 Å².